The second kappa shape index (κ2) is 3.40. The molecule has 0 amide bonds. The first kappa shape index (κ1) is 9.73. The topological polar surface area (TPSA) is 73.3 Å². The molecular formula is C11H11NO3. The summed E-state index contributed by atoms with van der Waals surface area (Å²) in [7, 11) is 0. The van der Waals surface area contributed by atoms with Gasteiger partial charge < -0.3 is 15.2 Å². The molecule has 1 heterocycles. The van der Waals surface area contributed by atoms with E-state index in [-0.39, 0.29) is 0 Å². The number of carboxylic acid groups (broad SMARTS) is 1. The van der Waals surface area contributed by atoms with E-state index in [1.807, 2.05) is 25.1 Å². The van der Waals surface area contributed by atoms with Crippen molar-refractivity contribution >= 4 is 16.9 Å². The molecule has 0 spiro atoms. The molecule has 4 nitrogen and oxygen atoms in total. The summed E-state index contributed by atoms with van der Waals surface area (Å²) in [4.78, 5) is 13.4. The SMILES string of the molecule is Cc1ccc2[nH]c(C(O)C(=O)O)cc2c1. The predicted octanol–water partition coefficient (Wildman–Crippen LogP) is 1.59. The van der Waals surface area contributed by atoms with Gasteiger partial charge in [-0.15, -0.1) is 0 Å². The van der Waals surface area contributed by atoms with Gasteiger partial charge in [-0.2, -0.15) is 0 Å². The number of rotatable bonds is 2. The van der Waals surface area contributed by atoms with Crippen LogP contribution in [-0.4, -0.2) is 21.2 Å². The Hall–Kier alpha value is -1.81. The molecule has 3 N–H and O–H groups in total. The van der Waals surface area contributed by atoms with Crippen LogP contribution in [-0.2, 0) is 4.79 Å². The number of H-pyrrole nitrogens is 1. The van der Waals surface area contributed by atoms with Crippen LogP contribution in [0.4, 0.5) is 0 Å². The fraction of sp³-hybridized carbons (Fsp3) is 0.182. The highest BCUT2D eigenvalue weighted by Gasteiger charge is 2.17. The standard InChI is InChI=1S/C11H11NO3/c1-6-2-3-8-7(4-6)5-9(12-8)10(13)11(14)15/h2-5,10,12-13H,1H3,(H,14,15). The molecule has 0 saturated carbocycles. The molecule has 1 aromatic heterocycles. The summed E-state index contributed by atoms with van der Waals surface area (Å²) >= 11 is 0. The zero-order valence-electron chi connectivity index (χ0n) is 8.19. The Balaban J connectivity index is 2.51. The molecule has 0 radical (unpaired) electrons. The molecule has 15 heavy (non-hydrogen) atoms. The molecule has 2 rings (SSSR count). The molecule has 1 unspecified atom stereocenters. The van der Waals surface area contributed by atoms with Gasteiger partial charge in [0.2, 0.25) is 0 Å². The smallest absolute Gasteiger partial charge is 0.338 e. The van der Waals surface area contributed by atoms with Crippen LogP contribution in [0, 0.1) is 6.92 Å². The monoisotopic (exact) mass is 205 g/mol. The summed E-state index contributed by atoms with van der Waals surface area (Å²) in [6.07, 6.45) is -1.49. The molecule has 0 aliphatic heterocycles. The number of carbonyl (C=O) groups is 1. The minimum absolute atomic E-state index is 0.308. The van der Waals surface area contributed by atoms with Crippen molar-refractivity contribution in [2.24, 2.45) is 0 Å². The Bertz CT molecular complexity index is 516. The molecule has 1 atom stereocenters. The van der Waals surface area contributed by atoms with E-state index < -0.39 is 12.1 Å². The van der Waals surface area contributed by atoms with Crippen LogP contribution in [0.2, 0.25) is 0 Å². The van der Waals surface area contributed by atoms with Crippen LogP contribution < -0.4 is 0 Å². The number of aliphatic carboxylic acids is 1. The van der Waals surface area contributed by atoms with Crippen LogP contribution in [0.5, 0.6) is 0 Å². The summed E-state index contributed by atoms with van der Waals surface area (Å²) in [5.41, 5.74) is 2.23. The number of aliphatic hydroxyl groups is 1. The Labute approximate surface area is 86.2 Å². The number of aromatic amines is 1. The van der Waals surface area contributed by atoms with Gasteiger partial charge in [-0.3, -0.25) is 0 Å². The van der Waals surface area contributed by atoms with E-state index in [0.717, 1.165) is 16.5 Å². The lowest BCUT2D eigenvalue weighted by Gasteiger charge is -2.00. The highest BCUT2D eigenvalue weighted by molar-refractivity contribution is 5.83. The first-order valence-corrected chi connectivity index (χ1v) is 4.58. The van der Waals surface area contributed by atoms with Crippen LogP contribution in [0.15, 0.2) is 24.3 Å². The average molecular weight is 205 g/mol. The lowest BCUT2D eigenvalue weighted by molar-refractivity contribution is -0.147. The molecular weight excluding hydrogens is 194 g/mol. The Kier molecular flexibility index (Phi) is 2.21. The highest BCUT2D eigenvalue weighted by atomic mass is 16.4. The number of fused-ring (bicyclic) bond motifs is 1. The summed E-state index contributed by atoms with van der Waals surface area (Å²) in [6.45, 7) is 1.96. The molecule has 0 bridgehead atoms. The number of benzene rings is 1. The number of hydrogen-bond donors (Lipinski definition) is 3. The minimum atomic E-state index is -1.49. The van der Waals surface area contributed by atoms with E-state index in [1.54, 1.807) is 6.07 Å². The third-order valence-corrected chi connectivity index (χ3v) is 2.33. The summed E-state index contributed by atoms with van der Waals surface area (Å²) in [5, 5.41) is 18.9. The van der Waals surface area contributed by atoms with Gasteiger partial charge in [0.05, 0.1) is 5.69 Å². The maximum atomic E-state index is 10.6. The van der Waals surface area contributed by atoms with E-state index in [4.69, 9.17) is 5.11 Å². The third-order valence-electron chi connectivity index (χ3n) is 2.33. The largest absolute Gasteiger partial charge is 0.479 e. The fourth-order valence-electron chi connectivity index (χ4n) is 1.55. The van der Waals surface area contributed by atoms with E-state index >= 15 is 0 Å². The first-order valence-electron chi connectivity index (χ1n) is 4.58. The van der Waals surface area contributed by atoms with E-state index in [2.05, 4.69) is 4.98 Å². The van der Waals surface area contributed by atoms with Crippen LogP contribution in [0.3, 0.4) is 0 Å². The van der Waals surface area contributed by atoms with E-state index in [0.29, 0.717) is 5.69 Å². The van der Waals surface area contributed by atoms with E-state index in [1.165, 1.54) is 0 Å². The molecule has 0 saturated heterocycles. The summed E-state index contributed by atoms with van der Waals surface area (Å²) < 4.78 is 0. The van der Waals surface area contributed by atoms with Gasteiger partial charge >= 0.3 is 5.97 Å². The van der Waals surface area contributed by atoms with Crippen molar-refractivity contribution in [3.63, 3.8) is 0 Å². The van der Waals surface area contributed by atoms with Crippen LogP contribution in [0.25, 0.3) is 10.9 Å². The number of hydrogen-bond acceptors (Lipinski definition) is 2. The van der Waals surface area contributed by atoms with Gasteiger partial charge in [-0.25, -0.2) is 4.79 Å². The second-order valence-electron chi connectivity index (χ2n) is 3.56. The van der Waals surface area contributed by atoms with Crippen LogP contribution >= 0.6 is 0 Å². The molecule has 4 heteroatoms. The van der Waals surface area contributed by atoms with Crippen molar-refractivity contribution < 1.29 is 15.0 Å². The van der Waals surface area contributed by atoms with Gasteiger partial charge in [-0.1, -0.05) is 11.6 Å². The van der Waals surface area contributed by atoms with Crippen molar-refractivity contribution in [3.05, 3.63) is 35.5 Å². The van der Waals surface area contributed by atoms with Crippen molar-refractivity contribution in [1.82, 2.24) is 4.98 Å². The number of nitrogens with one attached hydrogen (secondary N) is 1. The fourth-order valence-corrected chi connectivity index (χ4v) is 1.55. The lowest BCUT2D eigenvalue weighted by atomic mass is 10.2. The number of aliphatic hydroxyl groups excluding tert-OH is 1. The van der Waals surface area contributed by atoms with Gasteiger partial charge in [0.15, 0.2) is 6.10 Å². The van der Waals surface area contributed by atoms with Crippen molar-refractivity contribution in [1.29, 1.82) is 0 Å². The zero-order valence-corrected chi connectivity index (χ0v) is 8.19. The number of aryl methyl sites for hydroxylation is 1. The van der Waals surface area contributed by atoms with Crippen molar-refractivity contribution in [2.45, 2.75) is 13.0 Å². The second-order valence-corrected chi connectivity index (χ2v) is 3.56. The van der Waals surface area contributed by atoms with Crippen LogP contribution in [0.1, 0.15) is 17.4 Å². The minimum Gasteiger partial charge on any atom is -0.479 e. The number of aromatic nitrogens is 1. The van der Waals surface area contributed by atoms with Gasteiger partial charge in [0, 0.05) is 10.9 Å². The van der Waals surface area contributed by atoms with E-state index in [9.17, 15) is 9.90 Å². The molecule has 0 aliphatic rings. The maximum Gasteiger partial charge on any atom is 0.338 e. The lowest BCUT2D eigenvalue weighted by Crippen LogP contribution is -2.10. The maximum absolute atomic E-state index is 10.6. The van der Waals surface area contributed by atoms with Gasteiger partial charge in [0.25, 0.3) is 0 Å². The summed E-state index contributed by atoms with van der Waals surface area (Å²) in [5.74, 6) is -1.25. The Morgan fingerprint density at radius 3 is 2.80 bits per heavy atom. The average Bonchev–Trinajstić information content (AvgIpc) is 2.58. The quantitative estimate of drug-likeness (QED) is 0.697. The number of carboxylic acids is 1. The van der Waals surface area contributed by atoms with Gasteiger partial charge in [0.1, 0.15) is 0 Å². The molecule has 0 fully saturated rings. The zero-order chi connectivity index (χ0) is 11.0. The molecule has 1 aromatic carbocycles. The normalized spacial score (nSPS) is 12.9. The molecule has 2 aromatic rings. The third kappa shape index (κ3) is 1.71. The Morgan fingerprint density at radius 2 is 2.13 bits per heavy atom. The van der Waals surface area contributed by atoms with Gasteiger partial charge in [-0.05, 0) is 25.1 Å². The molecule has 78 valence electrons. The first-order chi connectivity index (χ1) is 7.08. The summed E-state index contributed by atoms with van der Waals surface area (Å²) in [6, 6.07) is 7.38. The Morgan fingerprint density at radius 1 is 1.40 bits per heavy atom. The molecule has 0 aliphatic carbocycles. The predicted molar refractivity (Wildman–Crippen MR) is 55.6 cm³/mol. The van der Waals surface area contributed by atoms with Crippen molar-refractivity contribution in [3.8, 4) is 0 Å². The highest BCUT2D eigenvalue weighted by Crippen LogP contribution is 2.21. The van der Waals surface area contributed by atoms with Crippen molar-refractivity contribution in [2.75, 3.05) is 0 Å².